The molecule has 8 nitrogen and oxygen atoms in total. The average molecular weight is 326 g/mol. The Balaban J connectivity index is 1.84. The normalized spacial score (nSPS) is 36.6. The lowest BCUT2D eigenvalue weighted by Gasteiger charge is -2.23. The Morgan fingerprint density at radius 3 is 2.86 bits per heavy atom. The van der Waals surface area contributed by atoms with E-state index in [4.69, 9.17) is 11.6 Å². The predicted octanol–water partition coefficient (Wildman–Crippen LogP) is -0.204. The fraction of sp³-hybridized carbons (Fsp3) is 0.615. The zero-order chi connectivity index (χ0) is 15.6. The third-order valence-corrected chi connectivity index (χ3v) is 5.27. The second-order valence-electron chi connectivity index (χ2n) is 6.04. The largest absolute Gasteiger partial charge is 0.396 e. The van der Waals surface area contributed by atoms with Gasteiger partial charge in [0.2, 0.25) is 5.28 Å². The Morgan fingerprint density at radius 1 is 1.45 bits per heavy atom. The fourth-order valence-corrected chi connectivity index (χ4v) is 4.00. The van der Waals surface area contributed by atoms with E-state index in [-0.39, 0.29) is 23.9 Å². The summed E-state index contributed by atoms with van der Waals surface area (Å²) < 4.78 is 1.73. The van der Waals surface area contributed by atoms with E-state index in [2.05, 4.69) is 20.3 Å². The first kappa shape index (κ1) is 14.1. The summed E-state index contributed by atoms with van der Waals surface area (Å²) >= 11 is 5.95. The van der Waals surface area contributed by atoms with E-state index in [0.717, 1.165) is 0 Å². The fourth-order valence-electron chi connectivity index (χ4n) is 3.83. The van der Waals surface area contributed by atoms with Crippen LogP contribution in [0.25, 0.3) is 11.2 Å². The number of rotatable bonds is 3. The van der Waals surface area contributed by atoms with E-state index in [0.29, 0.717) is 23.4 Å². The Bertz CT molecular complexity index is 753. The molecule has 2 aromatic rings. The lowest BCUT2D eigenvalue weighted by Crippen LogP contribution is -2.35. The van der Waals surface area contributed by atoms with Crippen LogP contribution in [-0.2, 0) is 0 Å². The lowest BCUT2D eigenvalue weighted by molar-refractivity contribution is -0.0300. The molecule has 2 fully saturated rings. The van der Waals surface area contributed by atoms with Crippen molar-refractivity contribution in [2.45, 2.75) is 24.7 Å². The van der Waals surface area contributed by atoms with Crippen LogP contribution in [0.1, 0.15) is 12.5 Å². The molecule has 9 heteroatoms. The number of anilines is 1. The van der Waals surface area contributed by atoms with E-state index >= 15 is 0 Å². The van der Waals surface area contributed by atoms with Gasteiger partial charge in [0.05, 0.1) is 25.1 Å². The summed E-state index contributed by atoms with van der Waals surface area (Å²) in [5.41, 5.74) is 0.445. The first-order chi connectivity index (χ1) is 10.5. The molecule has 0 aromatic carbocycles. The van der Waals surface area contributed by atoms with Gasteiger partial charge in [-0.1, -0.05) is 0 Å². The zero-order valence-electron chi connectivity index (χ0n) is 11.8. The van der Waals surface area contributed by atoms with Crippen LogP contribution in [0, 0.1) is 11.3 Å². The number of aliphatic hydroxyl groups excluding tert-OH is 3. The molecule has 4 N–H and O–H groups in total. The summed E-state index contributed by atoms with van der Waals surface area (Å²) in [6.45, 7) is -0.142. The Morgan fingerprint density at radius 2 is 2.23 bits per heavy atom. The zero-order valence-corrected chi connectivity index (χ0v) is 12.6. The van der Waals surface area contributed by atoms with Crippen LogP contribution in [0.2, 0.25) is 5.28 Å². The summed E-state index contributed by atoms with van der Waals surface area (Å²) in [7, 11) is 1.71. The SMILES string of the molecule is CNc1nc(Cl)nc2c1ncn2[C@H]1C(O)C(O)[C@]2(CO)C[C@H]12. The number of nitrogens with zero attached hydrogens (tertiary/aromatic N) is 4. The molecule has 0 saturated heterocycles. The summed E-state index contributed by atoms with van der Waals surface area (Å²) in [6.07, 6.45) is 0.313. The minimum Gasteiger partial charge on any atom is -0.396 e. The number of hydrogen-bond donors (Lipinski definition) is 4. The molecular formula is C13H16ClN5O3. The van der Waals surface area contributed by atoms with E-state index < -0.39 is 17.6 Å². The Kier molecular flexibility index (Phi) is 2.90. The number of hydrogen-bond acceptors (Lipinski definition) is 7. The van der Waals surface area contributed by atoms with Crippen LogP contribution in [0.5, 0.6) is 0 Å². The maximum absolute atomic E-state index is 10.4. The van der Waals surface area contributed by atoms with Crippen LogP contribution >= 0.6 is 11.6 Å². The first-order valence-electron chi connectivity index (χ1n) is 7.08. The van der Waals surface area contributed by atoms with Crippen molar-refractivity contribution in [1.82, 2.24) is 19.5 Å². The molecule has 0 amide bonds. The predicted molar refractivity (Wildman–Crippen MR) is 78.6 cm³/mol. The number of nitrogens with one attached hydrogen (secondary N) is 1. The molecule has 2 saturated carbocycles. The molecule has 0 aliphatic heterocycles. The van der Waals surface area contributed by atoms with Crippen LogP contribution in [0.4, 0.5) is 5.82 Å². The van der Waals surface area contributed by atoms with E-state index in [1.807, 2.05) is 0 Å². The topological polar surface area (TPSA) is 116 Å². The van der Waals surface area contributed by atoms with Gasteiger partial charge in [-0.2, -0.15) is 9.97 Å². The highest BCUT2D eigenvalue weighted by Gasteiger charge is 2.71. The molecule has 2 heterocycles. The van der Waals surface area contributed by atoms with Crippen LogP contribution < -0.4 is 5.32 Å². The van der Waals surface area contributed by atoms with Crippen molar-refractivity contribution >= 4 is 28.6 Å². The number of halogens is 1. The number of imidazole rings is 1. The van der Waals surface area contributed by atoms with Crippen molar-refractivity contribution in [3.8, 4) is 0 Å². The molecule has 2 unspecified atom stereocenters. The van der Waals surface area contributed by atoms with Crippen molar-refractivity contribution in [2.75, 3.05) is 19.0 Å². The van der Waals surface area contributed by atoms with Crippen molar-refractivity contribution in [2.24, 2.45) is 11.3 Å². The molecule has 0 bridgehead atoms. The van der Waals surface area contributed by atoms with E-state index in [1.165, 1.54) is 0 Å². The summed E-state index contributed by atoms with van der Waals surface area (Å²) in [5, 5.41) is 33.2. The number of aromatic nitrogens is 4. The monoisotopic (exact) mass is 325 g/mol. The summed E-state index contributed by atoms with van der Waals surface area (Å²) in [5.74, 6) is 0.498. The summed E-state index contributed by atoms with van der Waals surface area (Å²) in [4.78, 5) is 12.6. The second-order valence-corrected chi connectivity index (χ2v) is 6.38. The quantitative estimate of drug-likeness (QED) is 0.577. The Hall–Kier alpha value is -1.48. The van der Waals surface area contributed by atoms with Crippen LogP contribution in [0.15, 0.2) is 6.33 Å². The van der Waals surface area contributed by atoms with Crippen molar-refractivity contribution in [1.29, 1.82) is 0 Å². The van der Waals surface area contributed by atoms with Gasteiger partial charge in [0, 0.05) is 12.5 Å². The van der Waals surface area contributed by atoms with Gasteiger partial charge in [0.25, 0.3) is 0 Å². The van der Waals surface area contributed by atoms with Gasteiger partial charge in [-0.25, -0.2) is 4.98 Å². The van der Waals surface area contributed by atoms with Gasteiger partial charge in [-0.3, -0.25) is 0 Å². The average Bonchev–Trinajstić information content (AvgIpc) is 3.04. The molecular weight excluding hydrogens is 310 g/mol. The van der Waals surface area contributed by atoms with Gasteiger partial charge in [-0.05, 0) is 23.9 Å². The van der Waals surface area contributed by atoms with Gasteiger partial charge < -0.3 is 25.2 Å². The van der Waals surface area contributed by atoms with Gasteiger partial charge in [-0.15, -0.1) is 0 Å². The van der Waals surface area contributed by atoms with Crippen LogP contribution in [0.3, 0.4) is 0 Å². The molecule has 0 radical (unpaired) electrons. The van der Waals surface area contributed by atoms with Crippen molar-refractivity contribution < 1.29 is 15.3 Å². The molecule has 22 heavy (non-hydrogen) atoms. The maximum Gasteiger partial charge on any atom is 0.226 e. The lowest BCUT2D eigenvalue weighted by atomic mass is 10.0. The highest BCUT2D eigenvalue weighted by atomic mass is 35.5. The minimum absolute atomic E-state index is 0.00771. The highest BCUT2D eigenvalue weighted by Crippen LogP contribution is 2.67. The highest BCUT2D eigenvalue weighted by molar-refractivity contribution is 6.28. The van der Waals surface area contributed by atoms with E-state index in [9.17, 15) is 15.3 Å². The third-order valence-electron chi connectivity index (χ3n) is 5.10. The third kappa shape index (κ3) is 1.60. The first-order valence-corrected chi connectivity index (χ1v) is 7.46. The molecule has 2 aliphatic carbocycles. The van der Waals surface area contributed by atoms with Gasteiger partial charge >= 0.3 is 0 Å². The summed E-state index contributed by atoms with van der Waals surface area (Å²) in [6, 6.07) is -0.386. The van der Waals surface area contributed by atoms with Gasteiger partial charge in [0.1, 0.15) is 6.10 Å². The molecule has 2 aliphatic rings. The molecule has 118 valence electrons. The Labute approximate surface area is 130 Å². The second kappa shape index (κ2) is 4.51. The number of fused-ring (bicyclic) bond motifs is 2. The molecule has 0 spiro atoms. The molecule has 2 aromatic heterocycles. The maximum atomic E-state index is 10.4. The van der Waals surface area contributed by atoms with E-state index in [1.54, 1.807) is 17.9 Å². The van der Waals surface area contributed by atoms with Crippen molar-refractivity contribution in [3.05, 3.63) is 11.6 Å². The number of aliphatic hydroxyl groups is 3. The minimum atomic E-state index is -0.977. The van der Waals surface area contributed by atoms with Crippen LogP contribution in [-0.4, -0.2) is 60.7 Å². The smallest absolute Gasteiger partial charge is 0.226 e. The molecule has 4 rings (SSSR count). The molecule has 5 atom stereocenters. The standard InChI is InChI=1S/C13H16ClN5O3/c1-15-10-6-11(18-12(14)17-10)19(4-16-6)7-5-2-13(5,3-20)9(22)8(7)21/h4-5,7-9,20-22H,2-3H2,1H3,(H,15,17,18)/t5-,7-,8?,9?,13+/m1/s1. The van der Waals surface area contributed by atoms with Gasteiger partial charge in [0.15, 0.2) is 17.0 Å². The van der Waals surface area contributed by atoms with Crippen molar-refractivity contribution in [3.63, 3.8) is 0 Å².